The number of aliphatic hydroxyl groups excluding tert-OH is 1. The quantitative estimate of drug-likeness (QED) is 0.621. The average molecular weight is 397 g/mol. The van der Waals surface area contributed by atoms with Gasteiger partial charge < -0.3 is 20.1 Å². The highest BCUT2D eigenvalue weighted by Crippen LogP contribution is 2.51. The number of fused-ring (bicyclic) bond motifs is 3. The molecule has 154 valence electrons. The fraction of sp³-hybridized carbons (Fsp3) is 0.571. The Morgan fingerprint density at radius 3 is 2.69 bits per heavy atom. The first-order valence-electron chi connectivity index (χ1n) is 10.3. The summed E-state index contributed by atoms with van der Waals surface area (Å²) in [4.78, 5) is 4.30. The number of nitrogens with one attached hydrogen (secondary N) is 1. The maximum Gasteiger partial charge on any atom is 0.261 e. The van der Waals surface area contributed by atoms with Crippen LogP contribution in [0.5, 0.6) is 0 Å². The largest absolute Gasteiger partial charge is 0.390 e. The van der Waals surface area contributed by atoms with Gasteiger partial charge in [-0.3, -0.25) is 0 Å². The predicted molar refractivity (Wildman–Crippen MR) is 107 cm³/mol. The Labute approximate surface area is 168 Å². The van der Waals surface area contributed by atoms with Gasteiger partial charge in [-0.2, -0.15) is 10.1 Å². The van der Waals surface area contributed by atoms with Gasteiger partial charge in [0.1, 0.15) is 6.61 Å². The summed E-state index contributed by atoms with van der Waals surface area (Å²) >= 11 is 0. The highest BCUT2D eigenvalue weighted by Gasteiger charge is 2.51. The Hall–Kier alpha value is -2.45. The Balaban J connectivity index is 1.62. The van der Waals surface area contributed by atoms with Gasteiger partial charge in [-0.1, -0.05) is 19.0 Å². The molecule has 2 bridgehead atoms. The van der Waals surface area contributed by atoms with Crippen molar-refractivity contribution in [1.29, 1.82) is 0 Å². The van der Waals surface area contributed by atoms with Gasteiger partial charge in [0.15, 0.2) is 5.82 Å². The summed E-state index contributed by atoms with van der Waals surface area (Å²) in [5.74, 6) is 1.44. The number of hydrogen-bond acceptors (Lipinski definition) is 7. The van der Waals surface area contributed by atoms with Gasteiger partial charge >= 0.3 is 0 Å². The lowest BCUT2D eigenvalue weighted by molar-refractivity contribution is -0.0838. The molecule has 4 atom stereocenters. The zero-order valence-corrected chi connectivity index (χ0v) is 16.8. The molecule has 0 radical (unpaired) electrons. The van der Waals surface area contributed by atoms with Gasteiger partial charge in [-0.15, -0.1) is 0 Å². The van der Waals surface area contributed by atoms with Crippen LogP contribution in [-0.4, -0.2) is 41.1 Å². The summed E-state index contributed by atoms with van der Waals surface area (Å²) in [6, 6.07) is 3.95. The van der Waals surface area contributed by atoms with Crippen molar-refractivity contribution in [2.45, 2.75) is 63.7 Å². The summed E-state index contributed by atoms with van der Waals surface area (Å²) in [5, 5.41) is 32.7. The number of aliphatic hydroxyl groups is 2. The van der Waals surface area contributed by atoms with Crippen molar-refractivity contribution < 1.29 is 14.7 Å². The van der Waals surface area contributed by atoms with E-state index in [9.17, 15) is 10.2 Å². The smallest absolute Gasteiger partial charge is 0.261 e. The van der Waals surface area contributed by atoms with E-state index in [-0.39, 0.29) is 18.0 Å². The fourth-order valence-corrected chi connectivity index (χ4v) is 5.99. The summed E-state index contributed by atoms with van der Waals surface area (Å²) in [5.41, 5.74) is 1.68. The normalized spacial score (nSPS) is 31.9. The molecule has 0 spiro atoms. The molecule has 29 heavy (non-hydrogen) atoms. The maximum absolute atomic E-state index is 11.3. The molecule has 1 unspecified atom stereocenters. The highest BCUT2D eigenvalue weighted by atomic mass is 16.5. The van der Waals surface area contributed by atoms with Crippen molar-refractivity contribution in [1.82, 2.24) is 19.8 Å². The van der Waals surface area contributed by atoms with E-state index in [0.717, 1.165) is 43.3 Å². The van der Waals surface area contributed by atoms with E-state index in [1.807, 2.05) is 22.8 Å². The van der Waals surface area contributed by atoms with Gasteiger partial charge in [0.25, 0.3) is 5.89 Å². The minimum Gasteiger partial charge on any atom is -0.390 e. The minimum atomic E-state index is -0.623. The fourth-order valence-electron chi connectivity index (χ4n) is 5.99. The van der Waals surface area contributed by atoms with Crippen molar-refractivity contribution >= 4 is 11.2 Å². The molecule has 0 aliphatic heterocycles. The summed E-state index contributed by atoms with van der Waals surface area (Å²) < 4.78 is 7.22. The van der Waals surface area contributed by atoms with E-state index in [1.54, 1.807) is 6.20 Å². The first kappa shape index (κ1) is 18.6. The van der Waals surface area contributed by atoms with E-state index < -0.39 is 5.60 Å². The molecule has 0 aromatic carbocycles. The SMILES string of the molecule is C[C@@H]1CC2(O)C[C@H](C)C[C@](Nc3c(-c4nc(CO)no4)cnn4cccc34)(C1)C2. The summed E-state index contributed by atoms with van der Waals surface area (Å²) in [6.45, 7) is 4.17. The van der Waals surface area contributed by atoms with E-state index in [1.165, 1.54) is 0 Å². The van der Waals surface area contributed by atoms with E-state index in [2.05, 4.69) is 34.4 Å². The summed E-state index contributed by atoms with van der Waals surface area (Å²) in [6.07, 6.45) is 8.06. The van der Waals surface area contributed by atoms with Gasteiger partial charge in [0.05, 0.1) is 28.6 Å². The minimum absolute atomic E-state index is 0.204. The number of anilines is 1. The third-order valence-corrected chi connectivity index (χ3v) is 6.40. The number of nitrogens with zero attached hydrogens (tertiary/aromatic N) is 4. The average Bonchev–Trinajstić information content (AvgIpc) is 3.28. The van der Waals surface area contributed by atoms with Crippen LogP contribution in [0.15, 0.2) is 29.0 Å². The van der Waals surface area contributed by atoms with Crippen LogP contribution < -0.4 is 5.32 Å². The lowest BCUT2D eigenvalue weighted by atomic mass is 9.59. The second kappa shape index (κ2) is 6.53. The Kier molecular flexibility index (Phi) is 4.18. The van der Waals surface area contributed by atoms with Crippen LogP contribution in [0.25, 0.3) is 17.0 Å². The Bertz CT molecular complexity index is 1030. The zero-order valence-electron chi connectivity index (χ0n) is 16.8. The first-order chi connectivity index (χ1) is 13.9. The standard InChI is InChI=1S/C21H27N5O3/c1-13-6-20(7-14(2)9-21(28,8-13)12-20)24-18-15(19-23-17(11-27)25-29-19)10-22-26-5-3-4-16(18)26/h3-5,10,13-14,24,27-28H,6-9,11-12H2,1-2H3/t13-,14+,20+,21?. The predicted octanol–water partition coefficient (Wildman–Crippen LogP) is 3.01. The molecule has 0 amide bonds. The number of aromatic nitrogens is 4. The molecule has 2 aliphatic carbocycles. The highest BCUT2D eigenvalue weighted by molar-refractivity contribution is 5.86. The molecular weight excluding hydrogens is 370 g/mol. The van der Waals surface area contributed by atoms with Crippen LogP contribution >= 0.6 is 0 Å². The molecule has 3 heterocycles. The Morgan fingerprint density at radius 2 is 2.00 bits per heavy atom. The van der Waals surface area contributed by atoms with Gasteiger partial charge in [0, 0.05) is 11.7 Å². The molecule has 2 aliphatic rings. The monoisotopic (exact) mass is 397 g/mol. The molecule has 3 aromatic heterocycles. The zero-order chi connectivity index (χ0) is 20.2. The van der Waals surface area contributed by atoms with Crippen LogP contribution in [0.3, 0.4) is 0 Å². The van der Waals surface area contributed by atoms with Gasteiger partial charge in [-0.25, -0.2) is 4.52 Å². The molecule has 8 heteroatoms. The van der Waals surface area contributed by atoms with Crippen LogP contribution in [0.4, 0.5) is 5.69 Å². The molecule has 5 rings (SSSR count). The molecule has 0 saturated heterocycles. The van der Waals surface area contributed by atoms with Crippen LogP contribution in [0, 0.1) is 11.8 Å². The second-order valence-electron chi connectivity index (χ2n) is 9.28. The summed E-state index contributed by atoms with van der Waals surface area (Å²) in [7, 11) is 0. The van der Waals surface area contributed by atoms with E-state index in [0.29, 0.717) is 23.3 Å². The van der Waals surface area contributed by atoms with Crippen molar-refractivity contribution in [3.05, 3.63) is 30.4 Å². The Morgan fingerprint density at radius 1 is 1.24 bits per heavy atom. The maximum atomic E-state index is 11.3. The number of rotatable bonds is 4. The molecule has 3 aromatic rings. The lowest BCUT2D eigenvalue weighted by Gasteiger charge is -2.54. The third-order valence-electron chi connectivity index (χ3n) is 6.40. The molecule has 2 saturated carbocycles. The lowest BCUT2D eigenvalue weighted by Crippen LogP contribution is -2.57. The third kappa shape index (κ3) is 3.20. The van der Waals surface area contributed by atoms with Gasteiger partial charge in [-0.05, 0) is 56.1 Å². The molecule has 8 nitrogen and oxygen atoms in total. The second-order valence-corrected chi connectivity index (χ2v) is 9.28. The first-order valence-corrected chi connectivity index (χ1v) is 10.3. The van der Waals surface area contributed by atoms with Crippen molar-refractivity contribution in [2.24, 2.45) is 11.8 Å². The molecular formula is C21H27N5O3. The van der Waals surface area contributed by atoms with E-state index in [4.69, 9.17) is 4.52 Å². The van der Waals surface area contributed by atoms with Crippen LogP contribution in [0.2, 0.25) is 0 Å². The van der Waals surface area contributed by atoms with Crippen LogP contribution in [-0.2, 0) is 6.61 Å². The molecule has 2 fully saturated rings. The molecule has 3 N–H and O–H groups in total. The van der Waals surface area contributed by atoms with Gasteiger partial charge in [0.2, 0.25) is 0 Å². The van der Waals surface area contributed by atoms with Crippen molar-refractivity contribution in [3.63, 3.8) is 0 Å². The topological polar surface area (TPSA) is 109 Å². The van der Waals surface area contributed by atoms with Crippen LogP contribution in [0.1, 0.15) is 51.8 Å². The number of hydrogen-bond donors (Lipinski definition) is 3. The van der Waals surface area contributed by atoms with Crippen molar-refractivity contribution in [2.75, 3.05) is 5.32 Å². The van der Waals surface area contributed by atoms with E-state index >= 15 is 0 Å². The van der Waals surface area contributed by atoms with Crippen molar-refractivity contribution in [3.8, 4) is 11.5 Å².